The average molecular weight is 276 g/mol. The molecule has 0 aromatic rings. The second kappa shape index (κ2) is 8.62. The minimum absolute atomic E-state index is 0.158. The zero-order valence-electron chi connectivity index (χ0n) is 10.3. The summed E-state index contributed by atoms with van der Waals surface area (Å²) in [6.45, 7) is 2.08. The van der Waals surface area contributed by atoms with Crippen LogP contribution in [0.5, 0.6) is 0 Å². The molecule has 2 atom stereocenters. The molecule has 0 rings (SSSR count). The van der Waals surface area contributed by atoms with Crippen LogP contribution in [0.15, 0.2) is 0 Å². The van der Waals surface area contributed by atoms with E-state index in [-0.39, 0.29) is 24.2 Å². The van der Waals surface area contributed by atoms with Gasteiger partial charge in [-0.15, -0.1) is 0 Å². The Morgan fingerprint density at radius 2 is 2.11 bits per heavy atom. The smallest absolute Gasteiger partial charge is 0.326 e. The van der Waals surface area contributed by atoms with Crippen LogP contribution in [-0.4, -0.2) is 41.3 Å². The highest BCUT2D eigenvalue weighted by atomic mass is 32.1. The summed E-state index contributed by atoms with van der Waals surface area (Å²) in [6, 6.07) is -0.923. The van der Waals surface area contributed by atoms with Crippen molar-refractivity contribution in [3.63, 3.8) is 0 Å². The number of hydrogen-bond donors (Lipinski definition) is 6. The van der Waals surface area contributed by atoms with Crippen molar-refractivity contribution in [3.05, 3.63) is 0 Å². The van der Waals surface area contributed by atoms with Gasteiger partial charge in [0.15, 0.2) is 5.96 Å². The van der Waals surface area contributed by atoms with Crippen molar-refractivity contribution in [1.82, 2.24) is 10.6 Å². The van der Waals surface area contributed by atoms with Gasteiger partial charge in [0.05, 0.1) is 0 Å². The fourth-order valence-corrected chi connectivity index (χ4v) is 1.35. The molecule has 0 saturated heterocycles. The number of guanidine groups is 1. The third-order valence-electron chi connectivity index (χ3n) is 2.32. The summed E-state index contributed by atoms with van der Waals surface area (Å²) < 4.78 is 0. The minimum atomic E-state index is -1.07. The molecular formula is C10H20N4O3S. The molecule has 6 N–H and O–H groups in total. The van der Waals surface area contributed by atoms with E-state index in [1.165, 1.54) is 0 Å². The third kappa shape index (κ3) is 7.00. The normalized spacial score (nSPS) is 13.4. The van der Waals surface area contributed by atoms with E-state index in [2.05, 4.69) is 23.3 Å². The Labute approximate surface area is 111 Å². The van der Waals surface area contributed by atoms with Gasteiger partial charge in [-0.25, -0.2) is 4.79 Å². The number of carboxylic acid groups (broad SMARTS) is 1. The van der Waals surface area contributed by atoms with Crippen molar-refractivity contribution in [2.24, 2.45) is 11.7 Å². The quantitative estimate of drug-likeness (QED) is 0.152. The summed E-state index contributed by atoms with van der Waals surface area (Å²) in [6.07, 6.45) is 0.771. The average Bonchev–Trinajstić information content (AvgIpc) is 2.30. The van der Waals surface area contributed by atoms with Crippen molar-refractivity contribution in [2.45, 2.75) is 25.8 Å². The van der Waals surface area contributed by atoms with Gasteiger partial charge in [0.1, 0.15) is 6.04 Å². The fourth-order valence-electron chi connectivity index (χ4n) is 1.18. The molecule has 104 valence electrons. The van der Waals surface area contributed by atoms with Gasteiger partial charge in [-0.3, -0.25) is 10.2 Å². The predicted octanol–water partition coefficient (Wildman–Crippen LogP) is -0.615. The molecule has 0 aliphatic rings. The molecule has 0 radical (unpaired) electrons. The Hall–Kier alpha value is -1.44. The lowest BCUT2D eigenvalue weighted by Gasteiger charge is -2.17. The molecule has 0 aromatic carbocycles. The first-order valence-corrected chi connectivity index (χ1v) is 6.23. The van der Waals surface area contributed by atoms with E-state index < -0.39 is 12.0 Å². The van der Waals surface area contributed by atoms with Crippen LogP contribution in [0, 0.1) is 11.3 Å². The first kappa shape index (κ1) is 16.6. The van der Waals surface area contributed by atoms with E-state index in [1.807, 2.05) is 0 Å². The number of nitrogens with two attached hydrogens (primary N) is 1. The van der Waals surface area contributed by atoms with Crippen LogP contribution in [0.25, 0.3) is 0 Å². The standard InChI is InChI=1S/C10H20N4O3S/c1-6(5-18)8(15)14-7(9(16)17)3-2-4-13-10(11)12/h6-7,18H,2-5H2,1H3,(H,14,15)(H,16,17)(H4,11,12,13)/t6?,7-/m0/s1. The maximum absolute atomic E-state index is 11.5. The molecule has 1 amide bonds. The number of nitrogens with one attached hydrogen (secondary N) is 3. The SMILES string of the molecule is CC(CS)C(=O)N[C@@H](CCCNC(=N)N)C(=O)O. The zero-order chi connectivity index (χ0) is 14.1. The molecule has 0 aromatic heterocycles. The van der Waals surface area contributed by atoms with Crippen LogP contribution < -0.4 is 16.4 Å². The predicted molar refractivity (Wildman–Crippen MR) is 71.7 cm³/mol. The summed E-state index contributed by atoms with van der Waals surface area (Å²) in [5, 5.41) is 20.9. The van der Waals surface area contributed by atoms with Gasteiger partial charge in [0, 0.05) is 18.2 Å². The highest BCUT2D eigenvalue weighted by Crippen LogP contribution is 2.02. The summed E-state index contributed by atoms with van der Waals surface area (Å²) >= 11 is 3.98. The number of thiol groups is 1. The van der Waals surface area contributed by atoms with E-state index in [4.69, 9.17) is 16.2 Å². The van der Waals surface area contributed by atoms with E-state index in [9.17, 15) is 9.59 Å². The molecule has 7 nitrogen and oxygen atoms in total. The van der Waals surface area contributed by atoms with Crippen molar-refractivity contribution < 1.29 is 14.7 Å². The van der Waals surface area contributed by atoms with Crippen molar-refractivity contribution >= 4 is 30.5 Å². The summed E-state index contributed by atoms with van der Waals surface area (Å²) in [5.41, 5.74) is 5.09. The number of aliphatic carboxylic acids is 1. The van der Waals surface area contributed by atoms with Crippen LogP contribution >= 0.6 is 12.6 Å². The molecule has 0 aliphatic carbocycles. The van der Waals surface area contributed by atoms with Gasteiger partial charge in [-0.05, 0) is 12.8 Å². The number of hydrogen-bond acceptors (Lipinski definition) is 4. The molecule has 0 aliphatic heterocycles. The van der Waals surface area contributed by atoms with Crippen LogP contribution in [0.2, 0.25) is 0 Å². The van der Waals surface area contributed by atoms with E-state index in [0.717, 1.165) is 0 Å². The van der Waals surface area contributed by atoms with E-state index in [1.54, 1.807) is 6.92 Å². The van der Waals surface area contributed by atoms with Gasteiger partial charge in [0.2, 0.25) is 5.91 Å². The maximum Gasteiger partial charge on any atom is 0.326 e. The highest BCUT2D eigenvalue weighted by Gasteiger charge is 2.21. The Bertz CT molecular complexity index is 311. The first-order chi connectivity index (χ1) is 8.38. The molecule has 8 heteroatoms. The van der Waals surface area contributed by atoms with Gasteiger partial charge >= 0.3 is 5.97 Å². The van der Waals surface area contributed by atoms with Crippen molar-refractivity contribution in [1.29, 1.82) is 5.41 Å². The largest absolute Gasteiger partial charge is 0.480 e. The first-order valence-electron chi connectivity index (χ1n) is 5.60. The number of amides is 1. The number of carbonyl (C=O) groups excluding carboxylic acids is 1. The number of rotatable bonds is 8. The summed E-state index contributed by atoms with van der Waals surface area (Å²) in [7, 11) is 0. The lowest BCUT2D eigenvalue weighted by atomic mass is 10.1. The highest BCUT2D eigenvalue weighted by molar-refractivity contribution is 7.80. The van der Waals surface area contributed by atoms with Crippen molar-refractivity contribution in [3.8, 4) is 0 Å². The molecule has 0 spiro atoms. The molecule has 1 unspecified atom stereocenters. The van der Waals surface area contributed by atoms with Gasteiger partial charge < -0.3 is 21.5 Å². The molecule has 0 bridgehead atoms. The fraction of sp³-hybridized carbons (Fsp3) is 0.700. The molecular weight excluding hydrogens is 256 g/mol. The topological polar surface area (TPSA) is 128 Å². The van der Waals surface area contributed by atoms with Gasteiger partial charge in [-0.2, -0.15) is 12.6 Å². The number of carboxylic acids is 1. The second-order valence-corrected chi connectivity index (χ2v) is 4.33. The summed E-state index contributed by atoms with van der Waals surface area (Å²) in [5.74, 6) is -1.51. The maximum atomic E-state index is 11.5. The molecule has 0 heterocycles. The summed E-state index contributed by atoms with van der Waals surface area (Å²) in [4.78, 5) is 22.5. The lowest BCUT2D eigenvalue weighted by molar-refractivity contribution is -0.142. The minimum Gasteiger partial charge on any atom is -0.480 e. The van der Waals surface area contributed by atoms with Crippen LogP contribution in [0.4, 0.5) is 0 Å². The lowest BCUT2D eigenvalue weighted by Crippen LogP contribution is -2.44. The molecule has 18 heavy (non-hydrogen) atoms. The second-order valence-electron chi connectivity index (χ2n) is 3.97. The van der Waals surface area contributed by atoms with Gasteiger partial charge in [0.25, 0.3) is 0 Å². The molecule has 0 fully saturated rings. The van der Waals surface area contributed by atoms with Crippen LogP contribution in [0.1, 0.15) is 19.8 Å². The Morgan fingerprint density at radius 1 is 1.50 bits per heavy atom. The number of carbonyl (C=O) groups is 2. The Kier molecular flexibility index (Phi) is 7.93. The van der Waals surface area contributed by atoms with Gasteiger partial charge in [-0.1, -0.05) is 6.92 Å². The zero-order valence-corrected chi connectivity index (χ0v) is 11.2. The Balaban J connectivity index is 4.11. The van der Waals surface area contributed by atoms with Crippen LogP contribution in [-0.2, 0) is 9.59 Å². The van der Waals surface area contributed by atoms with E-state index >= 15 is 0 Å². The third-order valence-corrected chi connectivity index (χ3v) is 2.87. The van der Waals surface area contributed by atoms with E-state index in [0.29, 0.717) is 18.7 Å². The van der Waals surface area contributed by atoms with Crippen LogP contribution in [0.3, 0.4) is 0 Å². The molecule has 0 saturated carbocycles. The monoisotopic (exact) mass is 276 g/mol. The van der Waals surface area contributed by atoms with Crippen molar-refractivity contribution in [2.75, 3.05) is 12.3 Å². The Morgan fingerprint density at radius 3 is 2.56 bits per heavy atom.